The van der Waals surface area contributed by atoms with Gasteiger partial charge in [-0.25, -0.2) is 0 Å². The van der Waals surface area contributed by atoms with Crippen LogP contribution in [0.25, 0.3) is 21.8 Å². The molecule has 0 saturated heterocycles. The molecule has 2 N–H and O–H groups in total. The van der Waals surface area contributed by atoms with Gasteiger partial charge >= 0.3 is 0 Å². The molecule has 0 radical (unpaired) electrons. The fourth-order valence-corrected chi connectivity index (χ4v) is 2.94. The van der Waals surface area contributed by atoms with Crippen molar-refractivity contribution in [3.05, 3.63) is 72.1 Å². The Hall–Kier alpha value is -2.81. The van der Waals surface area contributed by atoms with Crippen molar-refractivity contribution in [3.8, 4) is 0 Å². The van der Waals surface area contributed by atoms with Crippen LogP contribution in [-0.4, -0.2) is 15.8 Å². The van der Waals surface area contributed by atoms with Crippen LogP contribution < -0.4 is 0 Å². The van der Waals surface area contributed by atoms with Crippen molar-refractivity contribution in [2.75, 3.05) is 0 Å². The molecule has 0 atom stereocenters. The van der Waals surface area contributed by atoms with E-state index < -0.39 is 0 Å². The van der Waals surface area contributed by atoms with E-state index in [-0.39, 0.29) is 5.78 Å². The van der Waals surface area contributed by atoms with Crippen molar-refractivity contribution in [3.63, 3.8) is 0 Å². The van der Waals surface area contributed by atoms with Crippen LogP contribution in [0.15, 0.2) is 60.7 Å². The number of ketones is 1. The van der Waals surface area contributed by atoms with Gasteiger partial charge in [0, 0.05) is 35.3 Å². The monoisotopic (exact) mass is 288 g/mol. The lowest BCUT2D eigenvalue weighted by Crippen LogP contribution is -2.06. The molecule has 3 heteroatoms. The molecule has 108 valence electrons. The second-order valence-electron chi connectivity index (χ2n) is 5.66. The highest BCUT2D eigenvalue weighted by Gasteiger charge is 2.09. The van der Waals surface area contributed by atoms with E-state index in [1.807, 2.05) is 36.4 Å². The van der Waals surface area contributed by atoms with Crippen LogP contribution in [0.1, 0.15) is 11.4 Å². The van der Waals surface area contributed by atoms with Crippen LogP contribution in [-0.2, 0) is 17.6 Å². The van der Waals surface area contributed by atoms with Crippen molar-refractivity contribution < 1.29 is 4.79 Å². The zero-order chi connectivity index (χ0) is 14.9. The Morgan fingerprint density at radius 1 is 0.727 bits per heavy atom. The lowest BCUT2D eigenvalue weighted by molar-refractivity contribution is -0.117. The fraction of sp³-hybridized carbons (Fsp3) is 0.105. The van der Waals surface area contributed by atoms with Crippen molar-refractivity contribution in [2.24, 2.45) is 0 Å². The highest BCUT2D eigenvalue weighted by atomic mass is 16.1. The van der Waals surface area contributed by atoms with Gasteiger partial charge in [-0.2, -0.15) is 0 Å². The number of para-hydroxylation sites is 2. The van der Waals surface area contributed by atoms with Gasteiger partial charge in [0.05, 0.1) is 0 Å². The second-order valence-corrected chi connectivity index (χ2v) is 5.66. The topological polar surface area (TPSA) is 48.6 Å². The third kappa shape index (κ3) is 2.42. The molecule has 22 heavy (non-hydrogen) atoms. The lowest BCUT2D eigenvalue weighted by Gasteiger charge is -1.97. The van der Waals surface area contributed by atoms with Crippen LogP contribution in [0, 0.1) is 0 Å². The standard InChI is InChI=1S/C19H16N2O/c22-17(11-15-9-13-5-1-3-7-18(13)20-15)12-16-10-14-6-2-4-8-19(14)21-16/h1-10,20-21H,11-12H2. The maximum absolute atomic E-state index is 12.3. The Morgan fingerprint density at radius 3 is 1.64 bits per heavy atom. The highest BCUT2D eigenvalue weighted by Crippen LogP contribution is 2.17. The van der Waals surface area contributed by atoms with Crippen molar-refractivity contribution in [1.29, 1.82) is 0 Å². The smallest absolute Gasteiger partial charge is 0.144 e. The summed E-state index contributed by atoms with van der Waals surface area (Å²) >= 11 is 0. The van der Waals surface area contributed by atoms with E-state index in [0.717, 1.165) is 33.2 Å². The van der Waals surface area contributed by atoms with Gasteiger partial charge < -0.3 is 9.97 Å². The van der Waals surface area contributed by atoms with E-state index >= 15 is 0 Å². The average molecular weight is 288 g/mol. The van der Waals surface area contributed by atoms with Gasteiger partial charge in [0.1, 0.15) is 5.78 Å². The number of hydrogen-bond acceptors (Lipinski definition) is 1. The summed E-state index contributed by atoms with van der Waals surface area (Å²) in [6.45, 7) is 0. The van der Waals surface area contributed by atoms with Gasteiger partial charge in [-0.3, -0.25) is 4.79 Å². The van der Waals surface area contributed by atoms with Crippen molar-refractivity contribution in [1.82, 2.24) is 9.97 Å². The maximum atomic E-state index is 12.3. The van der Waals surface area contributed by atoms with Crippen molar-refractivity contribution in [2.45, 2.75) is 12.8 Å². The van der Waals surface area contributed by atoms with Gasteiger partial charge in [-0.05, 0) is 35.0 Å². The molecule has 0 aliphatic rings. The van der Waals surface area contributed by atoms with Crippen LogP contribution in [0.4, 0.5) is 0 Å². The first-order valence-electron chi connectivity index (χ1n) is 7.43. The van der Waals surface area contributed by atoms with Crippen LogP contribution in [0.2, 0.25) is 0 Å². The Labute approximate surface area is 128 Å². The lowest BCUT2D eigenvalue weighted by atomic mass is 10.1. The number of carbonyl (C=O) groups excluding carboxylic acids is 1. The van der Waals surface area contributed by atoms with E-state index in [0.29, 0.717) is 12.8 Å². The third-order valence-electron chi connectivity index (χ3n) is 3.95. The summed E-state index contributed by atoms with van der Waals surface area (Å²) in [6, 6.07) is 20.3. The summed E-state index contributed by atoms with van der Waals surface area (Å²) in [4.78, 5) is 18.9. The summed E-state index contributed by atoms with van der Waals surface area (Å²) < 4.78 is 0. The summed E-state index contributed by atoms with van der Waals surface area (Å²) in [5, 5.41) is 2.30. The predicted octanol–water partition coefficient (Wildman–Crippen LogP) is 4.00. The Balaban J connectivity index is 1.52. The van der Waals surface area contributed by atoms with E-state index in [1.165, 1.54) is 0 Å². The number of Topliss-reactive ketones (excluding diaryl/α,β-unsaturated/α-hetero) is 1. The van der Waals surface area contributed by atoms with Gasteiger partial charge in [-0.1, -0.05) is 36.4 Å². The van der Waals surface area contributed by atoms with Gasteiger partial charge in [-0.15, -0.1) is 0 Å². The average Bonchev–Trinajstić information content (AvgIpc) is 3.08. The van der Waals surface area contributed by atoms with Crippen LogP contribution in [0.5, 0.6) is 0 Å². The molecule has 4 aromatic rings. The first-order chi connectivity index (χ1) is 10.8. The molecule has 0 aliphatic heterocycles. The Morgan fingerprint density at radius 2 is 1.18 bits per heavy atom. The highest BCUT2D eigenvalue weighted by molar-refractivity contribution is 5.87. The van der Waals surface area contributed by atoms with E-state index in [9.17, 15) is 4.79 Å². The minimum absolute atomic E-state index is 0.207. The molecular weight excluding hydrogens is 272 g/mol. The summed E-state index contributed by atoms with van der Waals surface area (Å²) in [7, 11) is 0. The van der Waals surface area contributed by atoms with Crippen LogP contribution >= 0.6 is 0 Å². The number of benzene rings is 2. The summed E-state index contributed by atoms with van der Waals surface area (Å²) in [5.74, 6) is 0.207. The molecule has 0 bridgehead atoms. The molecular formula is C19H16N2O. The minimum Gasteiger partial charge on any atom is -0.358 e. The van der Waals surface area contributed by atoms with Gasteiger partial charge in [0.25, 0.3) is 0 Å². The van der Waals surface area contributed by atoms with E-state index in [2.05, 4.69) is 34.2 Å². The number of rotatable bonds is 4. The zero-order valence-corrected chi connectivity index (χ0v) is 12.1. The molecule has 0 amide bonds. The second kappa shape index (κ2) is 5.19. The molecule has 0 aliphatic carbocycles. The molecule has 0 spiro atoms. The molecule has 3 nitrogen and oxygen atoms in total. The number of carbonyl (C=O) groups is 1. The normalized spacial score (nSPS) is 11.3. The summed E-state index contributed by atoms with van der Waals surface area (Å²) in [6.07, 6.45) is 0.869. The number of nitrogens with one attached hydrogen (secondary N) is 2. The number of fused-ring (bicyclic) bond motifs is 2. The minimum atomic E-state index is 0.207. The number of aromatic nitrogens is 2. The van der Waals surface area contributed by atoms with Crippen molar-refractivity contribution >= 4 is 27.6 Å². The van der Waals surface area contributed by atoms with Gasteiger partial charge in [0.15, 0.2) is 0 Å². The SMILES string of the molecule is O=C(Cc1cc2ccccc2[nH]1)Cc1cc2ccccc2[nH]1. The largest absolute Gasteiger partial charge is 0.358 e. The Bertz CT molecular complexity index is 818. The molecule has 0 unspecified atom stereocenters. The molecule has 2 aromatic carbocycles. The maximum Gasteiger partial charge on any atom is 0.144 e. The number of hydrogen-bond donors (Lipinski definition) is 2. The molecule has 4 rings (SSSR count). The molecule has 0 saturated carbocycles. The molecule has 2 heterocycles. The van der Waals surface area contributed by atoms with E-state index in [4.69, 9.17) is 0 Å². The first-order valence-corrected chi connectivity index (χ1v) is 7.43. The quantitative estimate of drug-likeness (QED) is 0.586. The predicted molar refractivity (Wildman–Crippen MR) is 89.0 cm³/mol. The number of aromatic amines is 2. The third-order valence-corrected chi connectivity index (χ3v) is 3.95. The molecule has 0 fully saturated rings. The fourth-order valence-electron chi connectivity index (χ4n) is 2.94. The van der Waals surface area contributed by atoms with Crippen LogP contribution in [0.3, 0.4) is 0 Å². The molecule has 2 aromatic heterocycles. The van der Waals surface area contributed by atoms with Gasteiger partial charge in [0.2, 0.25) is 0 Å². The zero-order valence-electron chi connectivity index (χ0n) is 12.1. The first kappa shape index (κ1) is 12.9. The van der Waals surface area contributed by atoms with E-state index in [1.54, 1.807) is 0 Å². The number of H-pyrrole nitrogens is 2. The summed E-state index contributed by atoms with van der Waals surface area (Å²) in [5.41, 5.74) is 4.11. The Kier molecular flexibility index (Phi) is 3.04.